The van der Waals surface area contributed by atoms with Crippen LogP contribution in [0.4, 0.5) is 11.6 Å². The van der Waals surface area contributed by atoms with Crippen LogP contribution < -0.4 is 20.5 Å². The third-order valence-corrected chi connectivity index (χ3v) is 5.54. The number of nitrogens with zero attached hydrogens (tertiary/aromatic N) is 2. The van der Waals surface area contributed by atoms with Crippen molar-refractivity contribution in [2.24, 2.45) is 5.14 Å². The number of sulfonamides is 1. The molecule has 0 radical (unpaired) electrons. The van der Waals surface area contributed by atoms with Gasteiger partial charge in [0.2, 0.25) is 10.0 Å². The summed E-state index contributed by atoms with van der Waals surface area (Å²) >= 11 is 0. The summed E-state index contributed by atoms with van der Waals surface area (Å²) in [6.07, 6.45) is 1.82. The highest BCUT2D eigenvalue weighted by Crippen LogP contribution is 2.24. The fourth-order valence-corrected chi connectivity index (χ4v) is 3.08. The Kier molecular flexibility index (Phi) is 8.31. The first-order valence-corrected chi connectivity index (χ1v) is 11.3. The van der Waals surface area contributed by atoms with E-state index in [0.29, 0.717) is 43.3 Å². The molecule has 0 saturated heterocycles. The molecular weight excluding hydrogens is 420 g/mol. The predicted molar refractivity (Wildman–Crippen MR) is 120 cm³/mol. The van der Waals surface area contributed by atoms with Gasteiger partial charge in [-0.15, -0.1) is 0 Å². The zero-order chi connectivity index (χ0) is 23.1. The molecule has 1 heterocycles. The van der Waals surface area contributed by atoms with Crippen molar-refractivity contribution in [3.05, 3.63) is 35.4 Å². The first-order chi connectivity index (χ1) is 14.6. The zero-order valence-electron chi connectivity index (χ0n) is 18.2. The van der Waals surface area contributed by atoms with Gasteiger partial charge in [-0.2, -0.15) is 9.97 Å². The molecule has 2 aromatic rings. The number of nitrogens with two attached hydrogens (primary N) is 1. The summed E-state index contributed by atoms with van der Waals surface area (Å²) in [5.74, 6) is 0.915. The zero-order valence-corrected chi connectivity index (χ0v) is 19.0. The Hall–Kier alpha value is -2.76. The summed E-state index contributed by atoms with van der Waals surface area (Å²) in [5, 5.41) is 19.2. The Morgan fingerprint density at radius 3 is 2.29 bits per heavy atom. The fourth-order valence-electron chi connectivity index (χ4n) is 2.56. The van der Waals surface area contributed by atoms with E-state index in [1.165, 1.54) is 18.3 Å². The lowest BCUT2D eigenvalue weighted by Gasteiger charge is -2.22. The van der Waals surface area contributed by atoms with Crippen molar-refractivity contribution >= 4 is 27.9 Å². The standard InChI is InChI=1S/C20H30N6O4S/c1-5-23-17-16(12-21)18(26-19(25-17)30-11-10-20(2,3)29-4)24-13-14-6-8-15(9-7-14)31(22,27)28/h6-9,12,21H,5,10-11,13H2,1-4H3,(H2,22,27,28)(H2,23,24,25,26). The van der Waals surface area contributed by atoms with Crippen molar-refractivity contribution in [1.82, 2.24) is 9.97 Å². The van der Waals surface area contributed by atoms with Crippen molar-refractivity contribution in [3.8, 4) is 6.01 Å². The average molecular weight is 451 g/mol. The Morgan fingerprint density at radius 1 is 1.16 bits per heavy atom. The third kappa shape index (κ3) is 7.16. The van der Waals surface area contributed by atoms with Gasteiger partial charge in [-0.25, -0.2) is 13.6 Å². The van der Waals surface area contributed by atoms with E-state index in [4.69, 9.17) is 20.0 Å². The van der Waals surface area contributed by atoms with E-state index in [0.717, 1.165) is 5.56 Å². The number of benzene rings is 1. The Morgan fingerprint density at radius 2 is 1.77 bits per heavy atom. The summed E-state index contributed by atoms with van der Waals surface area (Å²) in [7, 11) is -2.09. The largest absolute Gasteiger partial charge is 0.463 e. The van der Waals surface area contributed by atoms with Crippen LogP contribution in [0.25, 0.3) is 0 Å². The van der Waals surface area contributed by atoms with Crippen LogP contribution in [0, 0.1) is 5.41 Å². The molecule has 1 aromatic heterocycles. The monoisotopic (exact) mass is 450 g/mol. The molecule has 11 heteroatoms. The quantitative estimate of drug-likeness (QED) is 0.360. The van der Waals surface area contributed by atoms with Gasteiger partial charge in [-0.05, 0) is 38.5 Å². The molecule has 0 bridgehead atoms. The highest BCUT2D eigenvalue weighted by atomic mass is 32.2. The number of aromatic nitrogens is 2. The second kappa shape index (κ2) is 10.5. The number of ether oxygens (including phenoxy) is 2. The summed E-state index contributed by atoms with van der Waals surface area (Å²) in [6, 6.07) is 6.39. The molecule has 2 rings (SSSR count). The van der Waals surface area contributed by atoms with Crippen LogP contribution in [0.1, 0.15) is 38.3 Å². The molecule has 31 heavy (non-hydrogen) atoms. The molecule has 0 atom stereocenters. The summed E-state index contributed by atoms with van der Waals surface area (Å²) in [6.45, 7) is 7.19. The van der Waals surface area contributed by atoms with Gasteiger partial charge >= 0.3 is 6.01 Å². The summed E-state index contributed by atoms with van der Waals surface area (Å²) < 4.78 is 33.9. The maximum Gasteiger partial charge on any atom is 0.320 e. The van der Waals surface area contributed by atoms with Crippen molar-refractivity contribution in [2.45, 2.75) is 44.2 Å². The number of primary sulfonamides is 1. The fraction of sp³-hybridized carbons (Fsp3) is 0.450. The van der Waals surface area contributed by atoms with Gasteiger partial charge in [0.15, 0.2) is 0 Å². The van der Waals surface area contributed by atoms with Gasteiger partial charge in [0.05, 0.1) is 22.7 Å². The minimum Gasteiger partial charge on any atom is -0.463 e. The molecule has 0 fully saturated rings. The molecular formula is C20H30N6O4S. The molecule has 0 aliphatic rings. The number of hydrogen-bond donors (Lipinski definition) is 4. The first kappa shape index (κ1) is 24.5. The van der Waals surface area contributed by atoms with E-state index >= 15 is 0 Å². The molecule has 0 unspecified atom stereocenters. The van der Waals surface area contributed by atoms with Crippen LogP contribution >= 0.6 is 0 Å². The normalized spacial score (nSPS) is 11.8. The molecule has 0 aliphatic carbocycles. The first-order valence-electron chi connectivity index (χ1n) is 9.79. The van der Waals surface area contributed by atoms with Crippen LogP contribution in [0.2, 0.25) is 0 Å². The highest BCUT2D eigenvalue weighted by Gasteiger charge is 2.18. The van der Waals surface area contributed by atoms with Gasteiger partial charge < -0.3 is 25.5 Å². The van der Waals surface area contributed by atoms with Crippen molar-refractivity contribution in [1.29, 1.82) is 5.41 Å². The minimum atomic E-state index is -3.74. The van der Waals surface area contributed by atoms with Gasteiger partial charge in [-0.1, -0.05) is 12.1 Å². The number of rotatable bonds is 12. The maximum absolute atomic E-state index is 11.4. The minimum absolute atomic E-state index is 0.0440. The van der Waals surface area contributed by atoms with Crippen molar-refractivity contribution in [2.75, 3.05) is 30.9 Å². The average Bonchev–Trinajstić information content (AvgIpc) is 2.72. The summed E-state index contributed by atoms with van der Waals surface area (Å²) in [4.78, 5) is 8.83. The van der Waals surface area contributed by atoms with Crippen molar-refractivity contribution < 1.29 is 17.9 Å². The van der Waals surface area contributed by atoms with Crippen molar-refractivity contribution in [3.63, 3.8) is 0 Å². The van der Waals surface area contributed by atoms with Crippen LogP contribution in [0.3, 0.4) is 0 Å². The molecule has 5 N–H and O–H groups in total. The van der Waals surface area contributed by atoms with Crippen LogP contribution in [0.15, 0.2) is 29.2 Å². The molecule has 0 amide bonds. The predicted octanol–water partition coefficient (Wildman–Crippen LogP) is 2.36. The number of hydrogen-bond acceptors (Lipinski definition) is 9. The van der Waals surface area contributed by atoms with E-state index in [9.17, 15) is 8.42 Å². The molecule has 0 aliphatic heterocycles. The lowest BCUT2D eigenvalue weighted by atomic mass is 10.1. The number of nitrogens with one attached hydrogen (secondary N) is 3. The molecule has 0 saturated carbocycles. The second-order valence-corrected chi connectivity index (χ2v) is 8.96. The molecule has 10 nitrogen and oxygen atoms in total. The van der Waals surface area contributed by atoms with E-state index in [2.05, 4.69) is 20.6 Å². The lowest BCUT2D eigenvalue weighted by molar-refractivity contribution is 0.00470. The highest BCUT2D eigenvalue weighted by molar-refractivity contribution is 7.89. The van der Waals surface area contributed by atoms with Crippen LogP contribution in [-0.2, 0) is 21.3 Å². The Bertz CT molecular complexity index is 993. The second-order valence-electron chi connectivity index (χ2n) is 7.40. The van der Waals surface area contributed by atoms with Gasteiger partial charge in [0, 0.05) is 32.8 Å². The third-order valence-electron chi connectivity index (χ3n) is 4.61. The van der Waals surface area contributed by atoms with E-state index in [1.54, 1.807) is 19.2 Å². The lowest BCUT2D eigenvalue weighted by Crippen LogP contribution is -2.25. The number of anilines is 2. The molecule has 0 spiro atoms. The molecule has 170 valence electrons. The Balaban J connectivity index is 2.21. The van der Waals surface area contributed by atoms with Gasteiger partial charge in [0.1, 0.15) is 11.6 Å². The number of methoxy groups -OCH3 is 1. The Labute approximate surface area is 183 Å². The SMILES string of the molecule is CCNc1nc(OCCC(C)(C)OC)nc(NCc2ccc(S(N)(=O)=O)cc2)c1C=N. The van der Waals surface area contributed by atoms with E-state index < -0.39 is 10.0 Å². The molecule has 1 aromatic carbocycles. The topological polar surface area (TPSA) is 152 Å². The van der Waals surface area contributed by atoms with Gasteiger partial charge in [-0.3, -0.25) is 0 Å². The van der Waals surface area contributed by atoms with E-state index in [1.807, 2.05) is 20.8 Å². The van der Waals surface area contributed by atoms with Crippen LogP contribution in [0.5, 0.6) is 6.01 Å². The smallest absolute Gasteiger partial charge is 0.320 e. The maximum atomic E-state index is 11.4. The van der Waals surface area contributed by atoms with E-state index in [-0.39, 0.29) is 16.5 Å². The summed E-state index contributed by atoms with van der Waals surface area (Å²) in [5.41, 5.74) is 0.979. The van der Waals surface area contributed by atoms with Crippen LogP contribution in [-0.4, -0.2) is 50.5 Å². The van der Waals surface area contributed by atoms with Gasteiger partial charge in [0.25, 0.3) is 0 Å².